The molecular formula is C20H20N6OS. The van der Waals surface area contributed by atoms with Crippen LogP contribution in [0.1, 0.15) is 22.4 Å². The predicted octanol–water partition coefficient (Wildman–Crippen LogP) is 3.00. The van der Waals surface area contributed by atoms with E-state index in [0.717, 1.165) is 46.3 Å². The molecule has 4 heterocycles. The van der Waals surface area contributed by atoms with Gasteiger partial charge in [-0.2, -0.15) is 0 Å². The molecule has 0 N–H and O–H groups in total. The molecule has 142 valence electrons. The fraction of sp³-hybridized carbons (Fsp3) is 0.300. The highest BCUT2D eigenvalue weighted by molar-refractivity contribution is 7.12. The Labute approximate surface area is 166 Å². The Bertz CT molecular complexity index is 1170. The van der Waals surface area contributed by atoms with Gasteiger partial charge in [-0.05, 0) is 37.4 Å². The quantitative estimate of drug-likeness (QED) is 0.525. The molecule has 1 aliphatic heterocycles. The molecule has 0 spiro atoms. The second kappa shape index (κ2) is 6.56. The minimum atomic E-state index is 0.0865. The molecule has 3 aromatic heterocycles. The van der Waals surface area contributed by atoms with Crippen LogP contribution < -0.4 is 4.90 Å². The van der Waals surface area contributed by atoms with Crippen LogP contribution >= 0.6 is 11.3 Å². The number of amides is 1. The van der Waals surface area contributed by atoms with Gasteiger partial charge in [0.15, 0.2) is 5.65 Å². The maximum Gasteiger partial charge on any atom is 0.264 e. The summed E-state index contributed by atoms with van der Waals surface area (Å²) >= 11 is 1.49. The van der Waals surface area contributed by atoms with E-state index in [0.29, 0.717) is 6.54 Å². The van der Waals surface area contributed by atoms with Gasteiger partial charge in [0.1, 0.15) is 5.82 Å². The predicted molar refractivity (Wildman–Crippen MR) is 110 cm³/mol. The number of piperazine rings is 1. The Morgan fingerprint density at radius 3 is 2.79 bits per heavy atom. The van der Waals surface area contributed by atoms with Crippen LogP contribution in [0.2, 0.25) is 0 Å². The van der Waals surface area contributed by atoms with E-state index in [4.69, 9.17) is 4.98 Å². The van der Waals surface area contributed by atoms with Crippen LogP contribution in [0, 0.1) is 6.92 Å². The number of para-hydroxylation sites is 1. The maximum atomic E-state index is 12.8. The van der Waals surface area contributed by atoms with Crippen LogP contribution in [0.3, 0.4) is 0 Å². The summed E-state index contributed by atoms with van der Waals surface area (Å²) in [5, 5.41) is 11.6. The third kappa shape index (κ3) is 2.63. The van der Waals surface area contributed by atoms with Gasteiger partial charge < -0.3 is 9.80 Å². The van der Waals surface area contributed by atoms with Crippen molar-refractivity contribution in [3.8, 4) is 0 Å². The molecule has 4 aromatic rings. The summed E-state index contributed by atoms with van der Waals surface area (Å²) < 4.78 is 2.02. The number of hydrogen-bond acceptors (Lipinski definition) is 6. The van der Waals surface area contributed by atoms with Crippen LogP contribution in [0.5, 0.6) is 0 Å². The number of thiophene rings is 1. The first-order valence-electron chi connectivity index (χ1n) is 9.33. The normalized spacial score (nSPS) is 17.6. The van der Waals surface area contributed by atoms with Gasteiger partial charge in [0, 0.05) is 31.1 Å². The highest BCUT2D eigenvalue weighted by Gasteiger charge is 2.30. The monoisotopic (exact) mass is 392 g/mol. The second-order valence-electron chi connectivity index (χ2n) is 7.11. The molecule has 1 saturated heterocycles. The van der Waals surface area contributed by atoms with Gasteiger partial charge in [0.05, 0.1) is 10.4 Å². The second-order valence-corrected chi connectivity index (χ2v) is 8.05. The van der Waals surface area contributed by atoms with Gasteiger partial charge in [0.25, 0.3) is 5.91 Å². The number of benzene rings is 1. The van der Waals surface area contributed by atoms with Crippen LogP contribution in [0.25, 0.3) is 16.6 Å². The van der Waals surface area contributed by atoms with Gasteiger partial charge in [-0.15, -0.1) is 21.5 Å². The van der Waals surface area contributed by atoms with Crippen LogP contribution in [-0.2, 0) is 0 Å². The van der Waals surface area contributed by atoms with Crippen LogP contribution in [-0.4, -0.2) is 56.1 Å². The lowest BCUT2D eigenvalue weighted by Crippen LogP contribution is -2.54. The van der Waals surface area contributed by atoms with Crippen molar-refractivity contribution in [2.75, 3.05) is 24.5 Å². The van der Waals surface area contributed by atoms with Crippen molar-refractivity contribution >= 4 is 39.7 Å². The molecule has 0 aliphatic carbocycles. The molecule has 5 rings (SSSR count). The van der Waals surface area contributed by atoms with Crippen molar-refractivity contribution in [3.05, 3.63) is 52.5 Å². The van der Waals surface area contributed by atoms with E-state index in [2.05, 4.69) is 22.0 Å². The van der Waals surface area contributed by atoms with Gasteiger partial charge in [-0.25, -0.2) is 9.38 Å². The molecule has 1 aromatic carbocycles. The summed E-state index contributed by atoms with van der Waals surface area (Å²) in [7, 11) is 0. The lowest BCUT2D eigenvalue weighted by Gasteiger charge is -2.40. The van der Waals surface area contributed by atoms with Crippen molar-refractivity contribution in [2.24, 2.45) is 0 Å². The number of hydrogen-bond donors (Lipinski definition) is 0. The lowest BCUT2D eigenvalue weighted by molar-refractivity contribution is 0.0678. The topological polar surface area (TPSA) is 66.6 Å². The molecule has 0 bridgehead atoms. The number of rotatable bonds is 2. The number of nitrogens with zero attached hydrogens (tertiary/aromatic N) is 6. The Hall–Kier alpha value is -3.00. The summed E-state index contributed by atoms with van der Waals surface area (Å²) in [5.41, 5.74) is 1.73. The number of carbonyl (C=O) groups excluding carboxylic acids is 1. The average Bonchev–Trinajstić information content (AvgIpc) is 3.37. The Balaban J connectivity index is 1.51. The smallest absolute Gasteiger partial charge is 0.264 e. The number of carbonyl (C=O) groups is 1. The molecule has 0 radical (unpaired) electrons. The zero-order valence-electron chi connectivity index (χ0n) is 15.7. The first-order valence-corrected chi connectivity index (χ1v) is 10.2. The van der Waals surface area contributed by atoms with Crippen LogP contribution in [0.15, 0.2) is 41.8 Å². The maximum absolute atomic E-state index is 12.8. The standard InChI is InChI=1S/C20H20N6OS/c1-13-12-24(9-10-25(13)19(27)17-8-5-11-28-17)20-21-16-7-4-3-6-15(16)18-23-22-14(2)26(18)20/h3-8,11,13H,9-10,12H2,1-2H3. The summed E-state index contributed by atoms with van der Waals surface area (Å²) in [6.07, 6.45) is 0. The number of anilines is 1. The molecule has 1 aliphatic rings. The highest BCUT2D eigenvalue weighted by atomic mass is 32.1. The molecule has 8 heteroatoms. The van der Waals surface area contributed by atoms with Crippen molar-refractivity contribution in [3.63, 3.8) is 0 Å². The van der Waals surface area contributed by atoms with E-state index in [9.17, 15) is 4.79 Å². The van der Waals surface area contributed by atoms with E-state index >= 15 is 0 Å². The highest BCUT2D eigenvalue weighted by Crippen LogP contribution is 2.26. The summed E-state index contributed by atoms with van der Waals surface area (Å²) in [6, 6.07) is 11.9. The third-order valence-corrected chi connectivity index (χ3v) is 6.15. The first kappa shape index (κ1) is 17.1. The van der Waals surface area contributed by atoms with Crippen molar-refractivity contribution in [1.82, 2.24) is 24.5 Å². The average molecular weight is 392 g/mol. The Morgan fingerprint density at radius 2 is 2.00 bits per heavy atom. The number of fused-ring (bicyclic) bond motifs is 3. The molecule has 1 amide bonds. The Morgan fingerprint density at radius 1 is 1.14 bits per heavy atom. The van der Waals surface area contributed by atoms with Crippen molar-refractivity contribution in [1.29, 1.82) is 0 Å². The minimum absolute atomic E-state index is 0.0865. The largest absolute Gasteiger partial charge is 0.338 e. The molecular weight excluding hydrogens is 372 g/mol. The molecule has 0 saturated carbocycles. The molecule has 28 heavy (non-hydrogen) atoms. The minimum Gasteiger partial charge on any atom is -0.338 e. The SMILES string of the molecule is Cc1nnc2c3ccccc3nc(N3CCN(C(=O)c4cccs4)C(C)C3)n12. The van der Waals surface area contributed by atoms with E-state index in [1.54, 1.807) is 0 Å². The van der Waals surface area contributed by atoms with E-state index in [-0.39, 0.29) is 11.9 Å². The number of aromatic nitrogens is 4. The molecule has 7 nitrogen and oxygen atoms in total. The van der Waals surface area contributed by atoms with E-state index in [1.807, 2.05) is 58.0 Å². The van der Waals surface area contributed by atoms with Crippen molar-refractivity contribution < 1.29 is 4.79 Å². The van der Waals surface area contributed by atoms with Crippen molar-refractivity contribution in [2.45, 2.75) is 19.9 Å². The Kier molecular flexibility index (Phi) is 4.01. The first-order chi connectivity index (χ1) is 13.6. The van der Waals surface area contributed by atoms with E-state index in [1.165, 1.54) is 11.3 Å². The van der Waals surface area contributed by atoms with Crippen LogP contribution in [0.4, 0.5) is 5.95 Å². The summed E-state index contributed by atoms with van der Waals surface area (Å²) in [5.74, 6) is 1.76. The summed E-state index contributed by atoms with van der Waals surface area (Å²) in [4.78, 5) is 22.7. The fourth-order valence-corrected chi connectivity index (χ4v) is 4.57. The van der Waals surface area contributed by atoms with Gasteiger partial charge in [-0.1, -0.05) is 18.2 Å². The zero-order valence-corrected chi connectivity index (χ0v) is 16.6. The van der Waals surface area contributed by atoms with Gasteiger partial charge in [-0.3, -0.25) is 4.79 Å². The van der Waals surface area contributed by atoms with Gasteiger partial charge >= 0.3 is 0 Å². The van der Waals surface area contributed by atoms with Gasteiger partial charge in [0.2, 0.25) is 5.95 Å². The number of aryl methyl sites for hydroxylation is 1. The fourth-order valence-electron chi connectivity index (χ4n) is 3.89. The zero-order chi connectivity index (χ0) is 19.3. The molecule has 1 unspecified atom stereocenters. The lowest BCUT2D eigenvalue weighted by atomic mass is 10.2. The molecule has 1 fully saturated rings. The summed E-state index contributed by atoms with van der Waals surface area (Å²) in [6.45, 7) is 6.14. The third-order valence-electron chi connectivity index (χ3n) is 5.29. The van der Waals surface area contributed by atoms with E-state index < -0.39 is 0 Å². The molecule has 1 atom stereocenters.